The first-order valence-electron chi connectivity index (χ1n) is 2.32. The standard InChI is InChI=1S/C4H9NO2/c1-3-4(6-3)7-5-2/h3-5H,1-2H3. The van der Waals surface area contributed by atoms with Gasteiger partial charge in [0.05, 0.1) is 0 Å². The van der Waals surface area contributed by atoms with Gasteiger partial charge in [0.15, 0.2) is 0 Å². The maximum absolute atomic E-state index is 4.87. The predicted molar refractivity (Wildman–Crippen MR) is 24.5 cm³/mol. The zero-order valence-corrected chi connectivity index (χ0v) is 4.47. The molecule has 1 heterocycles. The third kappa shape index (κ3) is 1.12. The molecule has 2 unspecified atom stereocenters. The molecular formula is C4H9NO2. The Hall–Kier alpha value is -0.120. The Balaban J connectivity index is 1.98. The van der Waals surface area contributed by atoms with E-state index in [2.05, 4.69) is 5.48 Å². The van der Waals surface area contributed by atoms with E-state index in [1.807, 2.05) is 6.92 Å². The first kappa shape index (κ1) is 5.03. The molecule has 0 spiro atoms. The van der Waals surface area contributed by atoms with Gasteiger partial charge in [-0.05, 0) is 6.92 Å². The highest BCUT2D eigenvalue weighted by atomic mass is 16.8. The van der Waals surface area contributed by atoms with Crippen molar-refractivity contribution in [2.24, 2.45) is 0 Å². The monoisotopic (exact) mass is 103 g/mol. The van der Waals surface area contributed by atoms with Crippen molar-refractivity contribution in [1.29, 1.82) is 0 Å². The highest BCUT2D eigenvalue weighted by Crippen LogP contribution is 2.19. The summed E-state index contributed by atoms with van der Waals surface area (Å²) in [6, 6.07) is 0. The van der Waals surface area contributed by atoms with Gasteiger partial charge in [-0.2, -0.15) is 0 Å². The summed E-state index contributed by atoms with van der Waals surface area (Å²) in [4.78, 5) is 4.79. The summed E-state index contributed by atoms with van der Waals surface area (Å²) in [5.41, 5.74) is 2.54. The molecule has 1 N–H and O–H groups in total. The quantitative estimate of drug-likeness (QED) is 0.391. The lowest BCUT2D eigenvalue weighted by Crippen LogP contribution is -2.10. The second-order valence-electron chi connectivity index (χ2n) is 1.53. The van der Waals surface area contributed by atoms with Gasteiger partial charge in [-0.1, -0.05) is 0 Å². The molecule has 42 valence electrons. The normalized spacial score (nSPS) is 38.6. The number of hydrogen-bond donors (Lipinski definition) is 1. The highest BCUT2D eigenvalue weighted by Gasteiger charge is 2.35. The Bertz CT molecular complexity index is 66.7. The van der Waals surface area contributed by atoms with Crippen LogP contribution >= 0.6 is 0 Å². The third-order valence-electron chi connectivity index (χ3n) is 0.889. The van der Waals surface area contributed by atoms with Crippen molar-refractivity contribution >= 4 is 0 Å². The number of hydroxylamine groups is 1. The third-order valence-corrected chi connectivity index (χ3v) is 0.889. The van der Waals surface area contributed by atoms with Crippen LogP contribution in [0.3, 0.4) is 0 Å². The minimum atomic E-state index is 0.00463. The molecule has 1 fully saturated rings. The average molecular weight is 103 g/mol. The second kappa shape index (κ2) is 1.78. The lowest BCUT2D eigenvalue weighted by atomic mass is 10.5. The van der Waals surface area contributed by atoms with Crippen LogP contribution in [0.4, 0.5) is 0 Å². The van der Waals surface area contributed by atoms with Crippen molar-refractivity contribution in [2.45, 2.75) is 19.3 Å². The number of epoxide rings is 1. The zero-order valence-electron chi connectivity index (χ0n) is 4.47. The van der Waals surface area contributed by atoms with Crippen LogP contribution in [0.5, 0.6) is 0 Å². The van der Waals surface area contributed by atoms with Crippen LogP contribution < -0.4 is 5.48 Å². The van der Waals surface area contributed by atoms with Gasteiger partial charge in [0.25, 0.3) is 0 Å². The Morgan fingerprint density at radius 2 is 2.29 bits per heavy atom. The molecular weight excluding hydrogens is 94.0 g/mol. The summed E-state index contributed by atoms with van der Waals surface area (Å²) in [5.74, 6) is 0. The van der Waals surface area contributed by atoms with E-state index in [9.17, 15) is 0 Å². The molecule has 0 radical (unpaired) electrons. The molecule has 3 nitrogen and oxygen atoms in total. The summed E-state index contributed by atoms with van der Waals surface area (Å²) in [7, 11) is 1.72. The van der Waals surface area contributed by atoms with Gasteiger partial charge in [0, 0.05) is 7.05 Å². The summed E-state index contributed by atoms with van der Waals surface area (Å²) in [5, 5.41) is 0. The van der Waals surface area contributed by atoms with Crippen molar-refractivity contribution in [3.63, 3.8) is 0 Å². The predicted octanol–water partition coefficient (Wildman–Crippen LogP) is -0.118. The molecule has 0 aromatic rings. The summed E-state index contributed by atoms with van der Waals surface area (Å²) in [6.07, 6.45) is 0.289. The van der Waals surface area contributed by atoms with E-state index >= 15 is 0 Å². The van der Waals surface area contributed by atoms with E-state index in [4.69, 9.17) is 9.57 Å². The molecule has 0 saturated carbocycles. The average Bonchev–Trinajstić information content (AvgIpc) is 2.22. The Morgan fingerprint density at radius 3 is 2.43 bits per heavy atom. The molecule has 3 heteroatoms. The van der Waals surface area contributed by atoms with Crippen LogP contribution in [-0.4, -0.2) is 19.4 Å². The molecule has 0 aliphatic carbocycles. The molecule has 0 aromatic carbocycles. The topological polar surface area (TPSA) is 33.8 Å². The van der Waals surface area contributed by atoms with Crippen molar-refractivity contribution in [3.8, 4) is 0 Å². The molecule has 1 saturated heterocycles. The minimum Gasteiger partial charge on any atom is -0.340 e. The molecule has 0 bridgehead atoms. The summed E-state index contributed by atoms with van der Waals surface area (Å²) in [6.45, 7) is 1.96. The lowest BCUT2D eigenvalue weighted by molar-refractivity contribution is -0.0108. The number of hydrogen-bond acceptors (Lipinski definition) is 3. The first-order valence-corrected chi connectivity index (χ1v) is 2.32. The smallest absolute Gasteiger partial charge is 0.203 e. The van der Waals surface area contributed by atoms with Crippen molar-refractivity contribution in [3.05, 3.63) is 0 Å². The molecule has 0 aromatic heterocycles. The first-order chi connectivity index (χ1) is 3.34. The molecule has 0 amide bonds. The fourth-order valence-corrected chi connectivity index (χ4v) is 0.406. The zero-order chi connectivity index (χ0) is 5.28. The molecule has 7 heavy (non-hydrogen) atoms. The lowest BCUT2D eigenvalue weighted by Gasteiger charge is -1.89. The minimum absolute atomic E-state index is 0.00463. The maximum Gasteiger partial charge on any atom is 0.203 e. The van der Waals surface area contributed by atoms with Gasteiger partial charge in [-0.25, -0.2) is 5.48 Å². The van der Waals surface area contributed by atoms with Crippen LogP contribution in [0, 0.1) is 0 Å². The Morgan fingerprint density at radius 1 is 1.71 bits per heavy atom. The van der Waals surface area contributed by atoms with E-state index in [-0.39, 0.29) is 12.4 Å². The molecule has 1 rings (SSSR count). The molecule has 1 aliphatic rings. The van der Waals surface area contributed by atoms with Crippen LogP contribution in [0.25, 0.3) is 0 Å². The number of ether oxygens (including phenoxy) is 1. The summed E-state index contributed by atoms with van der Waals surface area (Å²) < 4.78 is 4.87. The number of nitrogens with one attached hydrogen (secondary N) is 1. The van der Waals surface area contributed by atoms with E-state index in [1.54, 1.807) is 7.05 Å². The van der Waals surface area contributed by atoms with Crippen LogP contribution in [0.15, 0.2) is 0 Å². The van der Waals surface area contributed by atoms with E-state index in [0.717, 1.165) is 0 Å². The molecule has 2 atom stereocenters. The van der Waals surface area contributed by atoms with Crippen LogP contribution in [-0.2, 0) is 9.57 Å². The fourth-order valence-electron chi connectivity index (χ4n) is 0.406. The van der Waals surface area contributed by atoms with Crippen LogP contribution in [0.2, 0.25) is 0 Å². The Kier molecular flexibility index (Phi) is 1.27. The van der Waals surface area contributed by atoms with Gasteiger partial charge in [-0.15, -0.1) is 0 Å². The van der Waals surface area contributed by atoms with Gasteiger partial charge >= 0.3 is 0 Å². The van der Waals surface area contributed by atoms with E-state index < -0.39 is 0 Å². The maximum atomic E-state index is 4.87. The Labute approximate surface area is 42.6 Å². The van der Waals surface area contributed by atoms with E-state index in [0.29, 0.717) is 0 Å². The summed E-state index contributed by atoms with van der Waals surface area (Å²) >= 11 is 0. The van der Waals surface area contributed by atoms with Gasteiger partial charge < -0.3 is 4.74 Å². The number of rotatable bonds is 2. The second-order valence-corrected chi connectivity index (χ2v) is 1.53. The fraction of sp³-hybridized carbons (Fsp3) is 1.00. The SMILES string of the molecule is CNOC1OC1C. The van der Waals surface area contributed by atoms with Crippen molar-refractivity contribution < 1.29 is 9.57 Å². The largest absolute Gasteiger partial charge is 0.340 e. The highest BCUT2D eigenvalue weighted by molar-refractivity contribution is 4.68. The van der Waals surface area contributed by atoms with Gasteiger partial charge in [0.1, 0.15) is 6.10 Å². The van der Waals surface area contributed by atoms with E-state index in [1.165, 1.54) is 0 Å². The van der Waals surface area contributed by atoms with Crippen LogP contribution in [0.1, 0.15) is 6.92 Å². The van der Waals surface area contributed by atoms with Gasteiger partial charge in [-0.3, -0.25) is 4.84 Å². The van der Waals surface area contributed by atoms with Crippen molar-refractivity contribution in [1.82, 2.24) is 5.48 Å². The van der Waals surface area contributed by atoms with Gasteiger partial charge in [0.2, 0.25) is 6.29 Å². The molecule has 1 aliphatic heterocycles. The van der Waals surface area contributed by atoms with Crippen molar-refractivity contribution in [2.75, 3.05) is 7.05 Å².